The van der Waals surface area contributed by atoms with Gasteiger partial charge < -0.3 is 19.7 Å². The molecule has 0 unspecified atom stereocenters. The smallest absolute Gasteiger partial charge is 0.401 e. The lowest BCUT2D eigenvalue weighted by Crippen LogP contribution is -2.44. The van der Waals surface area contributed by atoms with E-state index in [9.17, 15) is 13.2 Å². The molecule has 0 amide bonds. The summed E-state index contributed by atoms with van der Waals surface area (Å²) in [5.74, 6) is 2.10. The number of hydrogen-bond acceptors (Lipinski definition) is 4. The van der Waals surface area contributed by atoms with Gasteiger partial charge in [0.1, 0.15) is 0 Å². The quantitative estimate of drug-likeness (QED) is 0.334. The highest BCUT2D eigenvalue weighted by molar-refractivity contribution is 14.0. The molecule has 0 aromatic heterocycles. The molecule has 0 spiro atoms. The summed E-state index contributed by atoms with van der Waals surface area (Å²) in [4.78, 5) is 7.87. The molecule has 1 aliphatic rings. The zero-order valence-corrected chi connectivity index (χ0v) is 19.6. The first-order valence-electron chi connectivity index (χ1n) is 9.29. The number of aliphatic imine (C=N–C) groups is 1. The van der Waals surface area contributed by atoms with Gasteiger partial charge in [-0.25, -0.2) is 0 Å². The van der Waals surface area contributed by atoms with Crippen LogP contribution in [-0.2, 0) is 13.0 Å². The molecule has 0 atom stereocenters. The first-order valence-corrected chi connectivity index (χ1v) is 9.29. The van der Waals surface area contributed by atoms with Crippen LogP contribution in [0, 0.1) is 0 Å². The van der Waals surface area contributed by atoms with Gasteiger partial charge in [0.15, 0.2) is 17.5 Å². The third kappa shape index (κ3) is 7.72. The van der Waals surface area contributed by atoms with Crippen molar-refractivity contribution in [1.82, 2.24) is 15.1 Å². The van der Waals surface area contributed by atoms with Crippen molar-refractivity contribution < 1.29 is 22.6 Å². The molecule has 0 aliphatic carbocycles. The summed E-state index contributed by atoms with van der Waals surface area (Å²) < 4.78 is 48.1. The number of alkyl halides is 3. The lowest BCUT2D eigenvalue weighted by atomic mass is 9.99. The molecule has 1 aliphatic heterocycles. The summed E-state index contributed by atoms with van der Waals surface area (Å²) in [6, 6.07) is 3.97. The summed E-state index contributed by atoms with van der Waals surface area (Å²) in [7, 11) is 4.67. The van der Waals surface area contributed by atoms with Crippen LogP contribution in [0.2, 0.25) is 0 Å². The normalized spacial score (nSPS) is 14.3. The maximum Gasteiger partial charge on any atom is 0.401 e. The van der Waals surface area contributed by atoms with E-state index in [0.29, 0.717) is 37.1 Å². The van der Waals surface area contributed by atoms with E-state index in [-0.39, 0.29) is 30.5 Å². The molecule has 1 heterocycles. The Labute approximate surface area is 187 Å². The van der Waals surface area contributed by atoms with Crippen LogP contribution in [0.1, 0.15) is 18.1 Å². The molecule has 0 saturated heterocycles. The van der Waals surface area contributed by atoms with E-state index in [1.165, 1.54) is 17.5 Å². The SMILES string of the molecule is CCNC(=NCCN(C)CC(F)(F)F)N1CCc2cc(OC)c(OC)cc2C1.I. The molecule has 1 aromatic rings. The zero-order chi connectivity index (χ0) is 20.7. The summed E-state index contributed by atoms with van der Waals surface area (Å²) in [6.07, 6.45) is -3.37. The number of guanidine groups is 1. The van der Waals surface area contributed by atoms with Crippen LogP contribution in [-0.4, -0.2) is 75.9 Å². The van der Waals surface area contributed by atoms with E-state index in [1.54, 1.807) is 14.2 Å². The number of likely N-dealkylation sites (N-methyl/N-ethyl adjacent to an activating group) is 1. The Bertz CT molecular complexity index is 686. The van der Waals surface area contributed by atoms with Crippen molar-refractivity contribution >= 4 is 29.9 Å². The minimum Gasteiger partial charge on any atom is -0.493 e. The fraction of sp³-hybridized carbons (Fsp3) is 0.632. The molecule has 6 nitrogen and oxygen atoms in total. The Balaban J connectivity index is 0.00000420. The van der Waals surface area contributed by atoms with Crippen molar-refractivity contribution in [2.45, 2.75) is 26.1 Å². The average molecular weight is 530 g/mol. The molecule has 0 radical (unpaired) electrons. The van der Waals surface area contributed by atoms with Gasteiger partial charge in [0.05, 0.1) is 27.3 Å². The Kier molecular flexibility index (Phi) is 10.3. The number of hydrogen-bond donors (Lipinski definition) is 1. The second-order valence-electron chi connectivity index (χ2n) is 6.74. The van der Waals surface area contributed by atoms with Gasteiger partial charge >= 0.3 is 6.18 Å². The molecule has 2 rings (SSSR count). The maximum absolute atomic E-state index is 12.4. The number of methoxy groups -OCH3 is 2. The minimum absolute atomic E-state index is 0. The number of fused-ring (bicyclic) bond motifs is 1. The number of benzene rings is 1. The van der Waals surface area contributed by atoms with Crippen molar-refractivity contribution in [3.63, 3.8) is 0 Å². The molecule has 1 aromatic carbocycles. The van der Waals surface area contributed by atoms with E-state index < -0.39 is 12.7 Å². The van der Waals surface area contributed by atoms with E-state index >= 15 is 0 Å². The topological polar surface area (TPSA) is 49.3 Å². The molecule has 0 saturated carbocycles. The highest BCUT2D eigenvalue weighted by Gasteiger charge is 2.29. The fourth-order valence-electron chi connectivity index (χ4n) is 3.20. The van der Waals surface area contributed by atoms with Gasteiger partial charge in [-0.15, -0.1) is 24.0 Å². The Morgan fingerprint density at radius 2 is 1.83 bits per heavy atom. The van der Waals surface area contributed by atoms with Crippen molar-refractivity contribution in [2.75, 3.05) is 54.0 Å². The van der Waals surface area contributed by atoms with Crippen LogP contribution in [0.3, 0.4) is 0 Å². The van der Waals surface area contributed by atoms with Gasteiger partial charge in [-0.05, 0) is 43.7 Å². The molecule has 10 heteroatoms. The Hall–Kier alpha value is -1.43. The summed E-state index contributed by atoms with van der Waals surface area (Å²) in [5, 5.41) is 3.24. The zero-order valence-electron chi connectivity index (χ0n) is 17.3. The van der Waals surface area contributed by atoms with Crippen LogP contribution in [0.15, 0.2) is 17.1 Å². The first kappa shape index (κ1) is 25.6. The van der Waals surface area contributed by atoms with Crippen LogP contribution in [0.4, 0.5) is 13.2 Å². The van der Waals surface area contributed by atoms with Crippen molar-refractivity contribution in [3.05, 3.63) is 23.3 Å². The minimum atomic E-state index is -4.19. The van der Waals surface area contributed by atoms with Crippen LogP contribution in [0.5, 0.6) is 11.5 Å². The number of rotatable bonds is 7. The first-order chi connectivity index (χ1) is 13.3. The van der Waals surface area contributed by atoms with Crippen molar-refractivity contribution in [2.24, 2.45) is 4.99 Å². The van der Waals surface area contributed by atoms with E-state index in [2.05, 4.69) is 15.2 Å². The van der Waals surface area contributed by atoms with Gasteiger partial charge in [0, 0.05) is 26.2 Å². The third-order valence-corrected chi connectivity index (χ3v) is 4.54. The highest BCUT2D eigenvalue weighted by atomic mass is 127. The molecular formula is C19H30F3IN4O2. The average Bonchev–Trinajstić information content (AvgIpc) is 2.64. The van der Waals surface area contributed by atoms with E-state index in [1.807, 2.05) is 19.1 Å². The predicted molar refractivity (Wildman–Crippen MR) is 119 cm³/mol. The predicted octanol–water partition coefficient (Wildman–Crippen LogP) is 3.14. The molecule has 1 N–H and O–H groups in total. The van der Waals surface area contributed by atoms with Gasteiger partial charge in [0.2, 0.25) is 0 Å². The molecule has 166 valence electrons. The second kappa shape index (κ2) is 11.7. The number of nitrogens with one attached hydrogen (secondary N) is 1. The summed E-state index contributed by atoms with van der Waals surface area (Å²) >= 11 is 0. The van der Waals surface area contributed by atoms with Crippen molar-refractivity contribution in [3.8, 4) is 11.5 Å². The largest absolute Gasteiger partial charge is 0.493 e. The molecular weight excluding hydrogens is 500 g/mol. The highest BCUT2D eigenvalue weighted by Crippen LogP contribution is 2.33. The number of ether oxygens (including phenoxy) is 2. The summed E-state index contributed by atoms with van der Waals surface area (Å²) in [6.45, 7) is 3.68. The standard InChI is InChI=1S/C19H29F3N4O2.HI/c1-5-23-18(24-7-9-25(2)13-19(20,21)22)26-8-6-14-10-16(27-3)17(28-4)11-15(14)12-26;/h10-11H,5-9,12-13H2,1-4H3,(H,23,24);1H. The summed E-state index contributed by atoms with van der Waals surface area (Å²) in [5.41, 5.74) is 2.33. The molecule has 29 heavy (non-hydrogen) atoms. The lowest BCUT2D eigenvalue weighted by molar-refractivity contribution is -0.142. The van der Waals surface area contributed by atoms with E-state index in [4.69, 9.17) is 9.47 Å². The Morgan fingerprint density at radius 1 is 1.21 bits per heavy atom. The van der Waals surface area contributed by atoms with Crippen LogP contribution in [0.25, 0.3) is 0 Å². The Morgan fingerprint density at radius 3 is 2.38 bits per heavy atom. The molecule has 0 bridgehead atoms. The fourth-order valence-corrected chi connectivity index (χ4v) is 3.20. The molecule has 0 fully saturated rings. The van der Waals surface area contributed by atoms with Gasteiger partial charge in [-0.1, -0.05) is 0 Å². The van der Waals surface area contributed by atoms with E-state index in [0.717, 1.165) is 18.5 Å². The monoisotopic (exact) mass is 530 g/mol. The van der Waals surface area contributed by atoms with Crippen molar-refractivity contribution in [1.29, 1.82) is 0 Å². The lowest BCUT2D eigenvalue weighted by Gasteiger charge is -2.32. The van der Waals surface area contributed by atoms with Crippen LogP contribution >= 0.6 is 24.0 Å². The van der Waals surface area contributed by atoms with Gasteiger partial charge in [0.25, 0.3) is 0 Å². The van der Waals surface area contributed by atoms with Gasteiger partial charge in [-0.2, -0.15) is 13.2 Å². The second-order valence-corrected chi connectivity index (χ2v) is 6.74. The third-order valence-electron chi connectivity index (χ3n) is 4.54. The maximum atomic E-state index is 12.4. The van der Waals surface area contributed by atoms with Crippen LogP contribution < -0.4 is 14.8 Å². The number of halogens is 4. The van der Waals surface area contributed by atoms with Gasteiger partial charge in [-0.3, -0.25) is 9.89 Å². The number of nitrogens with zero attached hydrogens (tertiary/aromatic N) is 3.